The number of carbonyl (C=O) groups is 4. The van der Waals surface area contributed by atoms with E-state index in [9.17, 15) is 19.2 Å². The van der Waals surface area contributed by atoms with E-state index in [1.165, 1.54) is 0 Å². The lowest BCUT2D eigenvalue weighted by atomic mass is 10.3. The fourth-order valence-corrected chi connectivity index (χ4v) is 1.55. The number of para-hydroxylation sites is 2. The molecule has 0 unspecified atom stereocenters. The summed E-state index contributed by atoms with van der Waals surface area (Å²) in [5, 5.41) is 20.4. The maximum atomic E-state index is 11.6. The Labute approximate surface area is 143 Å². The molecule has 0 atom stereocenters. The minimum atomic E-state index is -1.31. The van der Waals surface area contributed by atoms with E-state index in [1.807, 2.05) is 12.1 Å². The Morgan fingerprint density at radius 2 is 0.960 bits per heavy atom. The maximum Gasteiger partial charge on any atom is 0.314 e. The number of carbonyl (C=O) groups excluding carboxylic acids is 2. The van der Waals surface area contributed by atoms with Crippen molar-refractivity contribution in [3.8, 4) is 0 Å². The van der Waals surface area contributed by atoms with Crippen molar-refractivity contribution in [1.82, 2.24) is 0 Å². The summed E-state index contributed by atoms with van der Waals surface area (Å²) in [5.41, 5.74) is 1.18. The quantitative estimate of drug-likeness (QED) is 0.494. The van der Waals surface area contributed by atoms with Crippen molar-refractivity contribution < 1.29 is 29.4 Å². The zero-order valence-electron chi connectivity index (χ0n) is 13.0. The van der Waals surface area contributed by atoms with E-state index in [4.69, 9.17) is 10.2 Å². The minimum Gasteiger partial charge on any atom is -0.481 e. The Hall–Kier alpha value is -3.68. The normalized spacial score (nSPS) is 9.12. The zero-order chi connectivity index (χ0) is 18.7. The Morgan fingerprint density at radius 1 is 0.640 bits per heavy atom. The van der Waals surface area contributed by atoms with E-state index < -0.39 is 30.2 Å². The van der Waals surface area contributed by atoms with Crippen LogP contribution in [0.2, 0.25) is 0 Å². The van der Waals surface area contributed by atoms with E-state index in [-0.39, 0.29) is 0 Å². The van der Waals surface area contributed by atoms with Crippen LogP contribution in [0.1, 0.15) is 6.42 Å². The molecule has 0 aliphatic heterocycles. The van der Waals surface area contributed by atoms with Crippen LogP contribution in [-0.4, -0.2) is 34.0 Å². The summed E-state index contributed by atoms with van der Waals surface area (Å²) < 4.78 is 0. The van der Waals surface area contributed by atoms with Crippen molar-refractivity contribution in [2.45, 2.75) is 6.42 Å². The molecule has 0 saturated heterocycles. The summed E-state index contributed by atoms with van der Waals surface area (Å²) in [7, 11) is 0. The van der Waals surface area contributed by atoms with Gasteiger partial charge >= 0.3 is 23.8 Å². The van der Waals surface area contributed by atoms with Gasteiger partial charge in [0.1, 0.15) is 6.42 Å². The number of aliphatic carboxylic acids is 2. The number of carboxylic acids is 2. The number of carboxylic acid groups (broad SMARTS) is 2. The average molecular weight is 344 g/mol. The SMILES string of the molecule is O=C(Nc1ccccc1)C(=O)Nc1ccccc1.O=C(O)CC(=O)O. The van der Waals surface area contributed by atoms with Crippen LogP contribution in [0, 0.1) is 0 Å². The van der Waals surface area contributed by atoms with Crippen molar-refractivity contribution in [1.29, 1.82) is 0 Å². The number of rotatable bonds is 4. The molecule has 0 bridgehead atoms. The summed E-state index contributed by atoms with van der Waals surface area (Å²) in [6.45, 7) is 0. The predicted molar refractivity (Wildman–Crippen MR) is 90.0 cm³/mol. The van der Waals surface area contributed by atoms with Crippen LogP contribution in [0.15, 0.2) is 60.7 Å². The highest BCUT2D eigenvalue weighted by atomic mass is 16.4. The van der Waals surface area contributed by atoms with Gasteiger partial charge in [-0.2, -0.15) is 0 Å². The molecule has 0 fully saturated rings. The van der Waals surface area contributed by atoms with Crippen molar-refractivity contribution in [2.75, 3.05) is 10.6 Å². The first kappa shape index (κ1) is 19.4. The summed E-state index contributed by atoms with van der Waals surface area (Å²) in [6, 6.07) is 17.7. The summed E-state index contributed by atoms with van der Waals surface area (Å²) in [6.07, 6.45) is -0.806. The standard InChI is InChI=1S/C14H12N2O2.C3H4O4/c17-13(15-11-7-3-1-4-8-11)14(18)16-12-9-5-2-6-10-12;4-2(5)1-3(6)7/h1-10H,(H,15,17)(H,16,18);1H2,(H,4,5)(H,6,7). The highest BCUT2D eigenvalue weighted by molar-refractivity contribution is 6.43. The third-order valence-corrected chi connectivity index (χ3v) is 2.57. The van der Waals surface area contributed by atoms with Gasteiger partial charge in [-0.25, -0.2) is 0 Å². The fraction of sp³-hybridized carbons (Fsp3) is 0.0588. The summed E-state index contributed by atoms with van der Waals surface area (Å²) >= 11 is 0. The van der Waals surface area contributed by atoms with Crippen LogP contribution in [0.25, 0.3) is 0 Å². The Balaban J connectivity index is 0.000000381. The number of hydrogen-bond acceptors (Lipinski definition) is 4. The van der Waals surface area contributed by atoms with Gasteiger partial charge in [-0.15, -0.1) is 0 Å². The fourth-order valence-electron chi connectivity index (χ4n) is 1.55. The first-order valence-corrected chi connectivity index (χ1v) is 7.04. The van der Waals surface area contributed by atoms with Crippen LogP contribution < -0.4 is 10.6 Å². The van der Waals surface area contributed by atoms with E-state index >= 15 is 0 Å². The van der Waals surface area contributed by atoms with Gasteiger partial charge in [0, 0.05) is 11.4 Å². The molecule has 0 heterocycles. The average Bonchev–Trinajstić information content (AvgIpc) is 2.56. The first-order valence-electron chi connectivity index (χ1n) is 7.04. The number of hydrogen-bond donors (Lipinski definition) is 4. The first-order chi connectivity index (χ1) is 11.9. The van der Waals surface area contributed by atoms with Gasteiger partial charge < -0.3 is 20.8 Å². The largest absolute Gasteiger partial charge is 0.481 e. The highest BCUT2D eigenvalue weighted by Crippen LogP contribution is 2.07. The van der Waals surface area contributed by atoms with Crippen LogP contribution in [0.4, 0.5) is 11.4 Å². The molecule has 0 radical (unpaired) electrons. The molecular weight excluding hydrogens is 328 g/mol. The predicted octanol–water partition coefficient (Wildman–Crippen LogP) is 1.81. The van der Waals surface area contributed by atoms with Crippen molar-refractivity contribution in [2.24, 2.45) is 0 Å². The Bertz CT molecular complexity index is 668. The molecular formula is C17H16N2O6. The van der Waals surface area contributed by atoms with Crippen LogP contribution in [0.5, 0.6) is 0 Å². The number of anilines is 2. The lowest BCUT2D eigenvalue weighted by Crippen LogP contribution is -2.28. The Kier molecular flexibility index (Phi) is 7.87. The molecule has 2 amide bonds. The van der Waals surface area contributed by atoms with Gasteiger partial charge in [-0.1, -0.05) is 36.4 Å². The second-order valence-corrected chi connectivity index (χ2v) is 4.60. The summed E-state index contributed by atoms with van der Waals surface area (Å²) in [4.78, 5) is 42.0. The summed E-state index contributed by atoms with van der Waals surface area (Å²) in [5.74, 6) is -4.00. The van der Waals surface area contributed by atoms with Crippen LogP contribution in [0.3, 0.4) is 0 Å². The van der Waals surface area contributed by atoms with Crippen molar-refractivity contribution in [3.05, 3.63) is 60.7 Å². The van der Waals surface area contributed by atoms with Crippen molar-refractivity contribution in [3.63, 3.8) is 0 Å². The van der Waals surface area contributed by atoms with E-state index in [0.29, 0.717) is 11.4 Å². The molecule has 8 heteroatoms. The van der Waals surface area contributed by atoms with Crippen molar-refractivity contribution >= 4 is 35.1 Å². The zero-order valence-corrected chi connectivity index (χ0v) is 13.0. The lowest BCUT2D eigenvalue weighted by Gasteiger charge is -2.05. The smallest absolute Gasteiger partial charge is 0.314 e. The van der Waals surface area contributed by atoms with Gasteiger partial charge in [0.25, 0.3) is 0 Å². The molecule has 130 valence electrons. The molecule has 0 spiro atoms. The lowest BCUT2D eigenvalue weighted by molar-refractivity contribution is -0.147. The third kappa shape index (κ3) is 8.50. The molecule has 2 aromatic rings. The number of benzene rings is 2. The van der Waals surface area contributed by atoms with Gasteiger partial charge in [0.2, 0.25) is 0 Å². The van der Waals surface area contributed by atoms with E-state index in [2.05, 4.69) is 10.6 Å². The maximum absolute atomic E-state index is 11.6. The molecule has 0 aliphatic carbocycles. The second-order valence-electron chi connectivity index (χ2n) is 4.60. The number of nitrogens with one attached hydrogen (secondary N) is 2. The molecule has 4 N–H and O–H groups in total. The second kappa shape index (κ2) is 10.2. The van der Waals surface area contributed by atoms with Gasteiger partial charge in [-0.3, -0.25) is 19.2 Å². The van der Waals surface area contributed by atoms with Gasteiger partial charge in [0.15, 0.2) is 0 Å². The molecule has 8 nitrogen and oxygen atoms in total. The van der Waals surface area contributed by atoms with E-state index in [1.54, 1.807) is 48.5 Å². The molecule has 25 heavy (non-hydrogen) atoms. The molecule has 0 saturated carbocycles. The third-order valence-electron chi connectivity index (χ3n) is 2.57. The monoisotopic (exact) mass is 344 g/mol. The van der Waals surface area contributed by atoms with Gasteiger partial charge in [0.05, 0.1) is 0 Å². The van der Waals surface area contributed by atoms with Crippen LogP contribution in [-0.2, 0) is 19.2 Å². The molecule has 0 aromatic heterocycles. The Morgan fingerprint density at radius 3 is 1.20 bits per heavy atom. The highest BCUT2D eigenvalue weighted by Gasteiger charge is 2.13. The molecule has 2 rings (SSSR count). The van der Waals surface area contributed by atoms with Crippen LogP contribution >= 0.6 is 0 Å². The molecule has 0 aliphatic rings. The van der Waals surface area contributed by atoms with Gasteiger partial charge in [-0.05, 0) is 24.3 Å². The number of amides is 2. The minimum absolute atomic E-state index is 0.589. The topological polar surface area (TPSA) is 133 Å². The van der Waals surface area contributed by atoms with E-state index in [0.717, 1.165) is 0 Å². The molecule has 2 aromatic carbocycles.